The Morgan fingerprint density at radius 1 is 1.24 bits per heavy atom. The van der Waals surface area contributed by atoms with Gasteiger partial charge in [-0.1, -0.05) is 25.1 Å². The molecule has 0 aliphatic heterocycles. The number of halogens is 2. The van der Waals surface area contributed by atoms with Crippen LogP contribution in [0.25, 0.3) is 0 Å². The molecule has 0 fully saturated rings. The van der Waals surface area contributed by atoms with E-state index in [4.69, 9.17) is 0 Å². The van der Waals surface area contributed by atoms with Crippen LogP contribution in [0.1, 0.15) is 31.0 Å². The molecule has 1 heterocycles. The Hall–Kier alpha value is -1.78. The molecule has 0 saturated heterocycles. The van der Waals surface area contributed by atoms with Crippen LogP contribution in [0.15, 0.2) is 24.4 Å². The van der Waals surface area contributed by atoms with E-state index in [-0.39, 0.29) is 18.0 Å². The van der Waals surface area contributed by atoms with E-state index in [1.165, 1.54) is 22.9 Å². The van der Waals surface area contributed by atoms with E-state index in [9.17, 15) is 8.78 Å². The quantitative estimate of drug-likeness (QED) is 0.821. The Balaban J connectivity index is 2.25. The molecular formula is C12H13F2N3. The van der Waals surface area contributed by atoms with Gasteiger partial charge in [-0.15, -0.1) is 5.10 Å². The minimum atomic E-state index is -0.563. The van der Waals surface area contributed by atoms with Crippen molar-refractivity contribution >= 4 is 0 Å². The predicted molar refractivity (Wildman–Crippen MR) is 59.6 cm³/mol. The second kappa shape index (κ2) is 4.61. The molecule has 1 aromatic carbocycles. The molecule has 90 valence electrons. The molecule has 3 nitrogen and oxygen atoms in total. The topological polar surface area (TPSA) is 30.7 Å². The van der Waals surface area contributed by atoms with Crippen molar-refractivity contribution in [2.45, 2.75) is 26.3 Å². The van der Waals surface area contributed by atoms with Crippen LogP contribution in [-0.4, -0.2) is 15.0 Å². The number of rotatable bonds is 3. The second-order valence-electron chi connectivity index (χ2n) is 4.20. The number of hydrogen-bond acceptors (Lipinski definition) is 2. The van der Waals surface area contributed by atoms with Crippen molar-refractivity contribution in [2.75, 3.05) is 0 Å². The van der Waals surface area contributed by atoms with Crippen molar-refractivity contribution in [1.29, 1.82) is 0 Å². The van der Waals surface area contributed by atoms with Crippen LogP contribution >= 0.6 is 0 Å². The van der Waals surface area contributed by atoms with Crippen LogP contribution in [0, 0.1) is 11.6 Å². The average Bonchev–Trinajstić information content (AvgIpc) is 2.72. The summed E-state index contributed by atoms with van der Waals surface area (Å²) in [6.45, 7) is 4.02. The van der Waals surface area contributed by atoms with Crippen molar-refractivity contribution < 1.29 is 8.78 Å². The van der Waals surface area contributed by atoms with E-state index in [1.807, 2.05) is 13.8 Å². The summed E-state index contributed by atoms with van der Waals surface area (Å²) in [6.07, 6.45) is 1.70. The molecule has 0 amide bonds. The van der Waals surface area contributed by atoms with Crippen LogP contribution in [0.5, 0.6) is 0 Å². The summed E-state index contributed by atoms with van der Waals surface area (Å²) in [6, 6.07) is 3.81. The largest absolute Gasteiger partial charge is 0.248 e. The number of benzene rings is 1. The summed E-state index contributed by atoms with van der Waals surface area (Å²) >= 11 is 0. The molecule has 2 aromatic rings. The third-order valence-electron chi connectivity index (χ3n) is 2.53. The van der Waals surface area contributed by atoms with Crippen molar-refractivity contribution in [3.05, 3.63) is 47.3 Å². The van der Waals surface area contributed by atoms with E-state index in [0.29, 0.717) is 0 Å². The van der Waals surface area contributed by atoms with Gasteiger partial charge in [-0.05, 0) is 18.1 Å². The first-order valence-electron chi connectivity index (χ1n) is 5.41. The maximum Gasteiger partial charge on any atom is 0.131 e. The Kier molecular flexibility index (Phi) is 3.17. The first-order chi connectivity index (χ1) is 8.08. The van der Waals surface area contributed by atoms with E-state index in [0.717, 1.165) is 5.69 Å². The van der Waals surface area contributed by atoms with E-state index in [1.54, 1.807) is 6.20 Å². The summed E-state index contributed by atoms with van der Waals surface area (Å²) in [4.78, 5) is 0. The Morgan fingerprint density at radius 3 is 2.41 bits per heavy atom. The van der Waals surface area contributed by atoms with Gasteiger partial charge in [0.2, 0.25) is 0 Å². The fraction of sp³-hybridized carbons (Fsp3) is 0.333. The van der Waals surface area contributed by atoms with E-state index in [2.05, 4.69) is 10.3 Å². The highest BCUT2D eigenvalue weighted by molar-refractivity contribution is 5.20. The molecule has 0 saturated carbocycles. The lowest BCUT2D eigenvalue weighted by Crippen LogP contribution is -2.05. The van der Waals surface area contributed by atoms with Gasteiger partial charge in [0.1, 0.15) is 11.6 Å². The standard InChI is InChI=1S/C12H13F2N3/c1-8(2)12-7-17(16-15-12)6-9-10(13)4-3-5-11(9)14/h3-5,7-8H,6H2,1-2H3. The molecule has 0 radical (unpaired) electrons. The lowest BCUT2D eigenvalue weighted by molar-refractivity contribution is 0.528. The van der Waals surface area contributed by atoms with Crippen molar-refractivity contribution in [2.24, 2.45) is 0 Å². The van der Waals surface area contributed by atoms with Gasteiger partial charge in [0.25, 0.3) is 0 Å². The smallest absolute Gasteiger partial charge is 0.131 e. The van der Waals surface area contributed by atoms with E-state index >= 15 is 0 Å². The molecule has 0 atom stereocenters. The third kappa shape index (κ3) is 2.49. The Morgan fingerprint density at radius 2 is 1.88 bits per heavy atom. The van der Waals surface area contributed by atoms with Crippen molar-refractivity contribution in [3.8, 4) is 0 Å². The summed E-state index contributed by atoms with van der Waals surface area (Å²) in [5, 5.41) is 7.79. The van der Waals surface area contributed by atoms with Gasteiger partial charge >= 0.3 is 0 Å². The fourth-order valence-corrected chi connectivity index (χ4v) is 1.50. The number of nitrogens with zero attached hydrogens (tertiary/aromatic N) is 3. The first kappa shape index (κ1) is 11.7. The summed E-state index contributed by atoms with van der Waals surface area (Å²) in [5.41, 5.74) is 0.814. The summed E-state index contributed by atoms with van der Waals surface area (Å²) < 4.78 is 28.2. The molecule has 17 heavy (non-hydrogen) atoms. The van der Waals surface area contributed by atoms with Gasteiger partial charge in [0.15, 0.2) is 0 Å². The second-order valence-corrected chi connectivity index (χ2v) is 4.20. The van der Waals surface area contributed by atoms with Crippen LogP contribution in [0.3, 0.4) is 0 Å². The molecule has 0 unspecified atom stereocenters. The highest BCUT2D eigenvalue weighted by atomic mass is 19.1. The zero-order valence-electron chi connectivity index (χ0n) is 9.69. The SMILES string of the molecule is CC(C)c1cn(Cc2c(F)cccc2F)nn1. The highest BCUT2D eigenvalue weighted by Crippen LogP contribution is 2.15. The van der Waals surface area contributed by atoms with Crippen molar-refractivity contribution in [3.63, 3.8) is 0 Å². The van der Waals surface area contributed by atoms with Gasteiger partial charge in [-0.3, -0.25) is 0 Å². The maximum absolute atomic E-state index is 13.4. The summed E-state index contributed by atoms with van der Waals surface area (Å²) in [5.74, 6) is -0.882. The third-order valence-corrected chi connectivity index (χ3v) is 2.53. The van der Waals surface area contributed by atoms with Crippen LogP contribution in [0.2, 0.25) is 0 Å². The predicted octanol–water partition coefficient (Wildman–Crippen LogP) is 2.73. The molecule has 0 N–H and O–H groups in total. The maximum atomic E-state index is 13.4. The van der Waals surface area contributed by atoms with E-state index < -0.39 is 11.6 Å². The molecule has 0 bridgehead atoms. The Bertz CT molecular complexity index is 500. The first-order valence-corrected chi connectivity index (χ1v) is 5.41. The van der Waals surface area contributed by atoms with Crippen LogP contribution in [0.4, 0.5) is 8.78 Å². The molecule has 2 rings (SSSR count). The minimum absolute atomic E-state index is 0.00714. The highest BCUT2D eigenvalue weighted by Gasteiger charge is 2.11. The minimum Gasteiger partial charge on any atom is -0.248 e. The Labute approximate surface area is 98.1 Å². The molecule has 5 heteroatoms. The fourth-order valence-electron chi connectivity index (χ4n) is 1.50. The average molecular weight is 237 g/mol. The summed E-state index contributed by atoms with van der Waals surface area (Å²) in [7, 11) is 0. The molecule has 0 aliphatic carbocycles. The van der Waals surface area contributed by atoms with Gasteiger partial charge in [-0.25, -0.2) is 13.5 Å². The number of hydrogen-bond donors (Lipinski definition) is 0. The van der Waals surface area contributed by atoms with Gasteiger partial charge in [0.05, 0.1) is 12.2 Å². The monoisotopic (exact) mass is 237 g/mol. The van der Waals surface area contributed by atoms with Crippen LogP contribution < -0.4 is 0 Å². The van der Waals surface area contributed by atoms with Gasteiger partial charge in [0, 0.05) is 11.8 Å². The normalized spacial score (nSPS) is 11.1. The van der Waals surface area contributed by atoms with Crippen molar-refractivity contribution in [1.82, 2.24) is 15.0 Å². The van der Waals surface area contributed by atoms with Crippen LogP contribution in [-0.2, 0) is 6.54 Å². The molecule has 0 aliphatic rings. The lowest BCUT2D eigenvalue weighted by atomic mass is 10.1. The lowest BCUT2D eigenvalue weighted by Gasteiger charge is -2.04. The zero-order chi connectivity index (χ0) is 12.4. The molecular weight excluding hydrogens is 224 g/mol. The molecule has 1 aromatic heterocycles. The number of aromatic nitrogens is 3. The molecule has 0 spiro atoms. The van der Waals surface area contributed by atoms with Gasteiger partial charge < -0.3 is 0 Å². The zero-order valence-corrected chi connectivity index (χ0v) is 9.69. The van der Waals surface area contributed by atoms with Gasteiger partial charge in [-0.2, -0.15) is 0 Å².